The molecule has 0 radical (unpaired) electrons. The third-order valence-corrected chi connectivity index (χ3v) is 12.1. The van der Waals surface area contributed by atoms with Crippen LogP contribution in [0.3, 0.4) is 0 Å². The summed E-state index contributed by atoms with van der Waals surface area (Å²) in [6, 6.07) is 14.7. The fourth-order valence-electron chi connectivity index (χ4n) is 6.36. The van der Waals surface area contributed by atoms with E-state index in [4.69, 9.17) is 22.0 Å². The molecule has 1 amide bonds. The number of carbonyl (C=O) groups is 1. The molecule has 17 nitrogen and oxygen atoms in total. The van der Waals surface area contributed by atoms with Crippen molar-refractivity contribution in [3.05, 3.63) is 120 Å². The molecule has 0 bridgehead atoms. The first-order valence-corrected chi connectivity index (χ1v) is 24.3. The number of amidine groups is 2. The fraction of sp³-hybridized carbons (Fsp3) is 0.310. The molecule has 0 aliphatic carbocycles. The molecule has 4 aromatic heterocycles. The molecule has 0 unspecified atom stereocenters. The summed E-state index contributed by atoms with van der Waals surface area (Å²) < 4.78 is 44.2. The second kappa shape index (κ2) is 25.1. The zero-order valence-electron chi connectivity index (χ0n) is 35.7. The number of hydrogen-bond acceptors (Lipinski definition) is 14. The Labute approximate surface area is 406 Å². The zero-order valence-corrected chi connectivity index (χ0v) is 42.8. The van der Waals surface area contributed by atoms with Crippen molar-refractivity contribution in [2.24, 2.45) is 9.98 Å². The molecule has 22 heteroatoms. The van der Waals surface area contributed by atoms with Gasteiger partial charge in [0.15, 0.2) is 5.65 Å². The highest BCUT2D eigenvalue weighted by atomic mass is 79.9. The molecule has 0 spiro atoms. The van der Waals surface area contributed by atoms with Gasteiger partial charge in [-0.1, -0.05) is 24.1 Å². The number of aromatic nitrogens is 5. The van der Waals surface area contributed by atoms with Gasteiger partial charge < -0.3 is 24.8 Å². The number of hydrogen-bond donors (Lipinski definition) is 3. The molecule has 0 saturated carbocycles. The third-order valence-electron chi connectivity index (χ3n) is 9.12. The van der Waals surface area contributed by atoms with E-state index in [0.29, 0.717) is 35.3 Å². The van der Waals surface area contributed by atoms with E-state index in [9.17, 15) is 17.8 Å². The SMILES string of the molecule is C1CCC2=NCCCN2CC1.COc1nc2ccc(Br)cn2n1.Cc1cc(C)c(S(=O)(=O)[O-])c(C)c1.Nc1ccc(Br)c[n+]1N.Nc1ccc(Br)cn1.O=C1CN2C=C(Br)C=CC2=N1. The van der Waals surface area contributed by atoms with E-state index in [0.717, 1.165) is 41.5 Å². The van der Waals surface area contributed by atoms with Crippen LogP contribution in [-0.2, 0) is 14.9 Å². The van der Waals surface area contributed by atoms with Crippen LogP contribution < -0.4 is 26.7 Å². The standard InChI is InChI=1S/C9H16N2.C9H12O3S.C7H6BrN3O.C7H5BrN2O.C5H6BrN3.C5H5BrN2/c1-2-5-9-10-6-4-8-11(9)7-3-1;1-6-4-7(2)9(8(3)5-6)13(10,11)12;1-12-7-9-6-3-2-5(8)4-11(6)10-7;8-5-1-2-6-9-7(11)4-10(6)3-5;6-4-1-2-5(7)9(8)3-4;6-4-1-2-5(7)8-3-4/h1-8H2;4-5H,1-3H3,(H,10,11,12);2-4H,1H3;1-3H,4H2;1-3,7H,8H2;1-3H,(H2,7,8). The van der Waals surface area contributed by atoms with Crippen LogP contribution in [0.25, 0.3) is 5.65 Å². The summed E-state index contributed by atoms with van der Waals surface area (Å²) in [5.74, 6) is 8.52. The molecular formula is C42H50Br4N12O5S. The van der Waals surface area contributed by atoms with Gasteiger partial charge in [0.2, 0.25) is 0 Å². The van der Waals surface area contributed by atoms with Crippen LogP contribution in [0.2, 0.25) is 0 Å². The second-order valence-electron chi connectivity index (χ2n) is 14.3. The zero-order chi connectivity index (χ0) is 47.0. The van der Waals surface area contributed by atoms with E-state index in [-0.39, 0.29) is 10.8 Å². The maximum Gasteiger partial charge on any atom is 0.336 e. The van der Waals surface area contributed by atoms with Gasteiger partial charge >= 0.3 is 6.01 Å². The Kier molecular flexibility index (Phi) is 20.3. The van der Waals surface area contributed by atoms with Gasteiger partial charge in [-0.05, 0) is 157 Å². The average molecular weight is 1150 g/mol. The number of aliphatic imine (C=N–C) groups is 2. The molecule has 1 fully saturated rings. The Morgan fingerprint density at radius 1 is 0.875 bits per heavy atom. The number of fused-ring (bicyclic) bond motifs is 3. The van der Waals surface area contributed by atoms with Crippen LogP contribution >= 0.6 is 63.7 Å². The largest absolute Gasteiger partial charge is 0.744 e. The molecule has 1 aromatic carbocycles. The number of ether oxygens (including phenoxy) is 1. The molecule has 9 rings (SSSR count). The van der Waals surface area contributed by atoms with Gasteiger partial charge in [-0.25, -0.2) is 17.9 Å². The monoisotopic (exact) mass is 1150 g/mol. The third kappa shape index (κ3) is 17.0. The lowest BCUT2D eigenvalue weighted by Gasteiger charge is -2.27. The van der Waals surface area contributed by atoms with E-state index in [1.165, 1.54) is 55.7 Å². The van der Waals surface area contributed by atoms with Crippen LogP contribution in [0, 0.1) is 20.8 Å². The van der Waals surface area contributed by atoms with Crippen molar-refractivity contribution in [2.45, 2.75) is 57.8 Å². The molecule has 0 atom stereocenters. The minimum Gasteiger partial charge on any atom is -0.744 e. The Morgan fingerprint density at radius 3 is 2.19 bits per heavy atom. The minimum atomic E-state index is -4.33. The lowest BCUT2D eigenvalue weighted by molar-refractivity contribution is -0.624. The van der Waals surface area contributed by atoms with Crippen LogP contribution in [0.15, 0.2) is 118 Å². The maximum atomic E-state index is 10.8. The van der Waals surface area contributed by atoms with Gasteiger partial charge in [0, 0.05) is 64.1 Å². The van der Waals surface area contributed by atoms with Crippen LogP contribution in [0.4, 0.5) is 11.6 Å². The minimum absolute atomic E-state index is 0.0805. The molecule has 342 valence electrons. The maximum absolute atomic E-state index is 10.8. The van der Waals surface area contributed by atoms with E-state index in [1.807, 2.05) is 60.6 Å². The number of anilines is 2. The van der Waals surface area contributed by atoms with Crippen LogP contribution in [-0.4, -0.2) is 93.2 Å². The van der Waals surface area contributed by atoms with Gasteiger partial charge in [-0.15, -0.1) is 9.77 Å². The van der Waals surface area contributed by atoms with Gasteiger partial charge in [-0.3, -0.25) is 21.4 Å². The predicted octanol–water partition coefficient (Wildman–Crippen LogP) is 7.17. The number of aryl methyl sites for hydroxylation is 3. The number of benzene rings is 1. The summed E-state index contributed by atoms with van der Waals surface area (Å²) in [6.07, 6.45) is 17.3. The van der Waals surface area contributed by atoms with E-state index in [1.54, 1.807) is 62.1 Å². The quantitative estimate of drug-likeness (QED) is 0.0904. The van der Waals surface area contributed by atoms with Crippen molar-refractivity contribution in [2.75, 3.05) is 50.6 Å². The molecule has 8 heterocycles. The second-order valence-corrected chi connectivity index (χ2v) is 19.3. The number of halogens is 4. The summed E-state index contributed by atoms with van der Waals surface area (Å²) in [6.45, 7) is 9.09. The first-order valence-electron chi connectivity index (χ1n) is 19.7. The predicted molar refractivity (Wildman–Crippen MR) is 263 cm³/mol. The van der Waals surface area contributed by atoms with Gasteiger partial charge in [0.25, 0.3) is 11.7 Å². The van der Waals surface area contributed by atoms with Crippen molar-refractivity contribution in [1.82, 2.24) is 29.4 Å². The number of nitrogens with two attached hydrogens (primary N) is 3. The molecule has 4 aliphatic heterocycles. The number of methoxy groups -OCH3 is 1. The summed E-state index contributed by atoms with van der Waals surface area (Å²) in [5, 5.41) is 4.05. The molecule has 5 aromatic rings. The van der Waals surface area contributed by atoms with Crippen molar-refractivity contribution < 1.29 is 27.2 Å². The molecule has 4 aliphatic rings. The first kappa shape index (κ1) is 51.9. The number of nitrogen functional groups attached to an aromatic ring is 3. The summed E-state index contributed by atoms with van der Waals surface area (Å²) in [4.78, 5) is 31.3. The Morgan fingerprint density at radius 2 is 1.56 bits per heavy atom. The lowest BCUT2D eigenvalue weighted by Crippen LogP contribution is -2.46. The average Bonchev–Trinajstić information content (AvgIpc) is 3.73. The molecule has 6 N–H and O–H groups in total. The fourth-order valence-corrected chi connectivity index (χ4v) is 8.56. The lowest BCUT2D eigenvalue weighted by atomic mass is 10.1. The number of carbonyl (C=O) groups excluding carboxylic acids is 1. The summed E-state index contributed by atoms with van der Waals surface area (Å²) >= 11 is 13.1. The number of nitrogens with zero attached hydrogens (tertiary/aromatic N) is 9. The first-order chi connectivity index (χ1) is 30.3. The Balaban J connectivity index is 0.000000169. The van der Waals surface area contributed by atoms with E-state index < -0.39 is 10.1 Å². The highest BCUT2D eigenvalue weighted by Crippen LogP contribution is 2.21. The highest BCUT2D eigenvalue weighted by molar-refractivity contribution is 9.12. The van der Waals surface area contributed by atoms with Gasteiger partial charge in [0.05, 0.1) is 22.3 Å². The van der Waals surface area contributed by atoms with Crippen molar-refractivity contribution in [1.29, 1.82) is 0 Å². The summed E-state index contributed by atoms with van der Waals surface area (Å²) in [5.41, 5.74) is 13.5. The van der Waals surface area contributed by atoms with Crippen LogP contribution in [0.1, 0.15) is 48.8 Å². The Bertz CT molecular complexity index is 2580. The van der Waals surface area contributed by atoms with Crippen molar-refractivity contribution in [3.63, 3.8) is 0 Å². The number of allylic oxidation sites excluding steroid dienone is 2. The van der Waals surface area contributed by atoms with Gasteiger partial charge in [0.1, 0.15) is 34.5 Å². The summed E-state index contributed by atoms with van der Waals surface area (Å²) in [7, 11) is -2.79. The van der Waals surface area contributed by atoms with Crippen LogP contribution in [0.5, 0.6) is 6.01 Å². The smallest absolute Gasteiger partial charge is 0.336 e. The number of rotatable bonds is 2. The van der Waals surface area contributed by atoms with E-state index in [2.05, 4.69) is 93.7 Å². The molecule has 1 saturated heterocycles. The topological polar surface area (TPSA) is 240 Å². The molecular weight excluding hydrogens is 1100 g/mol. The van der Waals surface area contributed by atoms with Gasteiger partial charge in [-0.2, -0.15) is 9.98 Å². The van der Waals surface area contributed by atoms with Crippen molar-refractivity contribution >= 4 is 109 Å². The Hall–Kier alpha value is -4.74. The van der Waals surface area contributed by atoms with E-state index >= 15 is 0 Å². The normalized spacial score (nSPS) is 14.9. The number of pyridine rings is 3. The highest BCUT2D eigenvalue weighted by Gasteiger charge is 2.21. The molecule has 64 heavy (non-hydrogen) atoms. The van der Waals surface area contributed by atoms with Crippen molar-refractivity contribution in [3.8, 4) is 6.01 Å². The number of amides is 1.